The summed E-state index contributed by atoms with van der Waals surface area (Å²) in [5, 5.41) is 7.15. The van der Waals surface area contributed by atoms with Gasteiger partial charge in [0.2, 0.25) is 11.8 Å². The first-order valence-electron chi connectivity index (χ1n) is 8.47. The smallest absolute Gasteiger partial charge is 0.271 e. The van der Waals surface area contributed by atoms with Gasteiger partial charge < -0.3 is 10.6 Å². The van der Waals surface area contributed by atoms with Crippen LogP contribution in [0, 0.1) is 0 Å². The van der Waals surface area contributed by atoms with Gasteiger partial charge in [0.05, 0.1) is 6.42 Å². The van der Waals surface area contributed by atoms with Crippen molar-refractivity contribution in [1.82, 2.24) is 10.6 Å². The zero-order valence-corrected chi connectivity index (χ0v) is 16.8. The lowest BCUT2D eigenvalue weighted by atomic mass is 10.1. The van der Waals surface area contributed by atoms with E-state index in [2.05, 4.69) is 15.4 Å². The average molecular weight is 410 g/mol. The molecule has 146 valence electrons. The van der Waals surface area contributed by atoms with Crippen LogP contribution in [0.25, 0.3) is 0 Å². The minimum Gasteiger partial charge on any atom is -0.355 e. The Kier molecular flexibility index (Phi) is 7.37. The molecule has 1 aromatic heterocycles. The van der Waals surface area contributed by atoms with Crippen LogP contribution in [0.2, 0.25) is 0 Å². The lowest BCUT2D eigenvalue weighted by Gasteiger charge is -2.09. The lowest BCUT2D eigenvalue weighted by molar-refractivity contribution is -0.122. The second-order valence-corrected chi connectivity index (χ2v) is 9.09. The zero-order chi connectivity index (χ0) is 19.9. The van der Waals surface area contributed by atoms with Crippen LogP contribution in [0.4, 0.5) is 5.69 Å². The summed E-state index contributed by atoms with van der Waals surface area (Å²) >= 11 is 1.14. The Morgan fingerprint density at radius 3 is 2.37 bits per heavy atom. The molecule has 0 radical (unpaired) electrons. The summed E-state index contributed by atoms with van der Waals surface area (Å²) in [6.07, 6.45) is 0.386. The number of carbonyl (C=O) groups excluding carboxylic acids is 2. The molecule has 0 spiro atoms. The molecule has 1 aromatic carbocycles. The largest absolute Gasteiger partial charge is 0.355 e. The molecule has 3 N–H and O–H groups in total. The number of amides is 2. The number of carbonyl (C=O) groups is 2. The SMILES string of the molecule is CC(C)NC(=O)CCNC(=O)Cc1ccc(NS(=O)(=O)c2cccs2)cc1. The van der Waals surface area contributed by atoms with Gasteiger partial charge in [0.15, 0.2) is 0 Å². The van der Waals surface area contributed by atoms with Crippen LogP contribution in [-0.2, 0) is 26.0 Å². The molecule has 0 aliphatic heterocycles. The number of nitrogens with one attached hydrogen (secondary N) is 3. The molecule has 1 heterocycles. The van der Waals surface area contributed by atoms with Gasteiger partial charge in [-0.25, -0.2) is 8.42 Å². The Labute approximate surface area is 163 Å². The van der Waals surface area contributed by atoms with Crippen LogP contribution in [0.15, 0.2) is 46.0 Å². The molecule has 2 aromatic rings. The Morgan fingerprint density at radius 2 is 1.78 bits per heavy atom. The van der Waals surface area contributed by atoms with Gasteiger partial charge in [0.1, 0.15) is 4.21 Å². The van der Waals surface area contributed by atoms with Crippen molar-refractivity contribution in [3.05, 3.63) is 47.3 Å². The quantitative estimate of drug-likeness (QED) is 0.590. The number of hydrogen-bond donors (Lipinski definition) is 3. The van der Waals surface area contributed by atoms with E-state index in [1.54, 1.807) is 35.7 Å². The second-order valence-electron chi connectivity index (χ2n) is 6.23. The van der Waals surface area contributed by atoms with Gasteiger partial charge in [-0.3, -0.25) is 14.3 Å². The van der Waals surface area contributed by atoms with E-state index in [1.807, 2.05) is 13.8 Å². The van der Waals surface area contributed by atoms with Gasteiger partial charge in [-0.2, -0.15) is 0 Å². The van der Waals surface area contributed by atoms with Gasteiger partial charge in [-0.15, -0.1) is 11.3 Å². The standard InChI is InChI=1S/C18H23N3O4S2/c1-13(2)20-16(22)9-10-19-17(23)12-14-5-7-15(8-6-14)21-27(24,25)18-4-3-11-26-18/h3-8,11,13,21H,9-10,12H2,1-2H3,(H,19,23)(H,20,22). The molecular formula is C18H23N3O4S2. The minimum atomic E-state index is -3.58. The number of rotatable bonds is 9. The number of benzene rings is 1. The number of sulfonamides is 1. The van der Waals surface area contributed by atoms with Crippen LogP contribution in [0.1, 0.15) is 25.8 Å². The molecule has 0 fully saturated rings. The normalized spacial score (nSPS) is 11.2. The lowest BCUT2D eigenvalue weighted by Crippen LogP contribution is -2.34. The Morgan fingerprint density at radius 1 is 1.07 bits per heavy atom. The van der Waals surface area contributed by atoms with Gasteiger partial charge in [-0.1, -0.05) is 18.2 Å². The maximum absolute atomic E-state index is 12.2. The predicted molar refractivity (Wildman–Crippen MR) is 106 cm³/mol. The Hall–Kier alpha value is -2.39. The van der Waals surface area contributed by atoms with E-state index in [1.165, 1.54) is 6.07 Å². The highest BCUT2D eigenvalue weighted by Crippen LogP contribution is 2.20. The fourth-order valence-corrected chi connectivity index (χ4v) is 4.32. The fourth-order valence-electron chi connectivity index (χ4n) is 2.27. The van der Waals surface area contributed by atoms with E-state index in [4.69, 9.17) is 0 Å². The summed E-state index contributed by atoms with van der Waals surface area (Å²) < 4.78 is 27.1. The van der Waals surface area contributed by atoms with E-state index in [0.29, 0.717) is 5.69 Å². The molecule has 0 bridgehead atoms. The number of hydrogen-bond acceptors (Lipinski definition) is 5. The molecule has 0 saturated carbocycles. The van der Waals surface area contributed by atoms with E-state index in [-0.39, 0.29) is 41.5 Å². The first kappa shape index (κ1) is 20.9. The third kappa shape index (κ3) is 7.03. The minimum absolute atomic E-state index is 0.0731. The predicted octanol–water partition coefficient (Wildman–Crippen LogP) is 2.12. The zero-order valence-electron chi connectivity index (χ0n) is 15.2. The maximum Gasteiger partial charge on any atom is 0.271 e. The molecule has 0 saturated heterocycles. The van der Waals surface area contributed by atoms with E-state index in [0.717, 1.165) is 16.9 Å². The van der Waals surface area contributed by atoms with E-state index < -0.39 is 10.0 Å². The highest BCUT2D eigenvalue weighted by atomic mass is 32.2. The highest BCUT2D eigenvalue weighted by molar-refractivity contribution is 7.94. The fraction of sp³-hybridized carbons (Fsp3) is 0.333. The van der Waals surface area contributed by atoms with E-state index >= 15 is 0 Å². The Balaban J connectivity index is 1.81. The van der Waals surface area contributed by atoms with Crippen LogP contribution in [0.3, 0.4) is 0 Å². The first-order chi connectivity index (χ1) is 12.8. The van der Waals surface area contributed by atoms with Crippen molar-refractivity contribution < 1.29 is 18.0 Å². The third-order valence-electron chi connectivity index (χ3n) is 3.45. The van der Waals surface area contributed by atoms with Crippen LogP contribution in [0.5, 0.6) is 0 Å². The van der Waals surface area contributed by atoms with Crippen LogP contribution < -0.4 is 15.4 Å². The maximum atomic E-state index is 12.2. The Bertz CT molecular complexity index is 861. The van der Waals surface area contributed by atoms with Gasteiger partial charge >= 0.3 is 0 Å². The molecule has 0 aliphatic rings. The summed E-state index contributed by atoms with van der Waals surface area (Å²) in [4.78, 5) is 23.4. The summed E-state index contributed by atoms with van der Waals surface area (Å²) in [7, 11) is -3.58. The van der Waals surface area contributed by atoms with Crippen molar-refractivity contribution in [1.29, 1.82) is 0 Å². The summed E-state index contributed by atoms with van der Waals surface area (Å²) in [5.74, 6) is -0.299. The summed E-state index contributed by atoms with van der Waals surface area (Å²) in [6, 6.07) is 9.90. The molecule has 2 rings (SSSR count). The monoisotopic (exact) mass is 409 g/mol. The molecule has 0 unspecified atom stereocenters. The van der Waals surface area contributed by atoms with Crippen LogP contribution in [-0.4, -0.2) is 32.8 Å². The van der Waals surface area contributed by atoms with Crippen molar-refractivity contribution in [3.63, 3.8) is 0 Å². The molecule has 0 aliphatic carbocycles. The molecule has 0 atom stereocenters. The van der Waals surface area contributed by atoms with Crippen molar-refractivity contribution >= 4 is 38.9 Å². The molecule has 2 amide bonds. The first-order valence-corrected chi connectivity index (χ1v) is 10.8. The van der Waals surface area contributed by atoms with Crippen molar-refractivity contribution in [2.24, 2.45) is 0 Å². The van der Waals surface area contributed by atoms with Crippen molar-refractivity contribution in [2.45, 2.75) is 36.9 Å². The summed E-state index contributed by atoms with van der Waals surface area (Å²) in [6.45, 7) is 4.03. The highest BCUT2D eigenvalue weighted by Gasteiger charge is 2.15. The van der Waals surface area contributed by atoms with Crippen molar-refractivity contribution in [3.8, 4) is 0 Å². The molecular weight excluding hydrogens is 386 g/mol. The average Bonchev–Trinajstić information content (AvgIpc) is 3.11. The number of anilines is 1. The topological polar surface area (TPSA) is 104 Å². The van der Waals surface area contributed by atoms with Gasteiger partial charge in [0, 0.05) is 24.7 Å². The molecule has 7 nitrogen and oxygen atoms in total. The molecule has 27 heavy (non-hydrogen) atoms. The van der Waals surface area contributed by atoms with Crippen molar-refractivity contribution in [2.75, 3.05) is 11.3 Å². The second kappa shape index (κ2) is 9.52. The third-order valence-corrected chi connectivity index (χ3v) is 6.23. The van der Waals surface area contributed by atoms with Gasteiger partial charge in [0.25, 0.3) is 10.0 Å². The molecule has 9 heteroatoms. The van der Waals surface area contributed by atoms with Crippen LogP contribution >= 0.6 is 11.3 Å². The summed E-state index contributed by atoms with van der Waals surface area (Å²) in [5.41, 5.74) is 1.18. The van der Waals surface area contributed by atoms with Gasteiger partial charge in [-0.05, 0) is 43.0 Å². The van der Waals surface area contributed by atoms with E-state index in [9.17, 15) is 18.0 Å². The number of thiophene rings is 1.